The monoisotopic (exact) mass is 263 g/mol. The summed E-state index contributed by atoms with van der Waals surface area (Å²) in [5.74, 6) is 0.281. The van der Waals surface area contributed by atoms with Crippen LogP contribution in [0.5, 0.6) is 5.75 Å². The number of Topliss-reactive ketones (excluding diaryl/α,β-unsaturated/α-hetero) is 1. The third kappa shape index (κ3) is 3.12. The Kier molecular flexibility index (Phi) is 4.16. The molecule has 0 saturated carbocycles. The number of amides is 1. The Labute approximate surface area is 112 Å². The highest BCUT2D eigenvalue weighted by atomic mass is 16.5. The van der Waals surface area contributed by atoms with Gasteiger partial charge in [0.1, 0.15) is 12.4 Å². The number of carbonyl (C=O) groups is 2. The summed E-state index contributed by atoms with van der Waals surface area (Å²) in [6.45, 7) is 2.99. The molecule has 0 aromatic heterocycles. The van der Waals surface area contributed by atoms with Crippen molar-refractivity contribution in [3.05, 3.63) is 29.3 Å². The normalized spacial score (nSPS) is 15.5. The quantitative estimate of drug-likeness (QED) is 0.762. The van der Waals surface area contributed by atoms with E-state index in [1.54, 1.807) is 6.07 Å². The lowest BCUT2D eigenvalue weighted by Crippen LogP contribution is -2.44. The molecule has 2 rings (SSSR count). The molecule has 1 saturated heterocycles. The molecule has 0 bridgehead atoms. The van der Waals surface area contributed by atoms with E-state index < -0.39 is 0 Å². The number of benzene rings is 1. The van der Waals surface area contributed by atoms with Crippen LogP contribution in [0.25, 0.3) is 0 Å². The van der Waals surface area contributed by atoms with Crippen molar-refractivity contribution in [1.29, 1.82) is 0 Å². The maximum Gasteiger partial charge on any atom is 0.249 e. The molecule has 19 heavy (non-hydrogen) atoms. The fourth-order valence-corrected chi connectivity index (χ4v) is 2.00. The zero-order valence-corrected chi connectivity index (χ0v) is 11.1. The van der Waals surface area contributed by atoms with Gasteiger partial charge in [0.15, 0.2) is 5.78 Å². The van der Waals surface area contributed by atoms with Crippen LogP contribution in [0.3, 0.4) is 0 Å². The summed E-state index contributed by atoms with van der Waals surface area (Å²) in [6.07, 6.45) is 0. The van der Waals surface area contributed by atoms with Gasteiger partial charge in [-0.25, -0.2) is 0 Å². The molecular formula is C14H17NO4. The van der Waals surface area contributed by atoms with Crippen LogP contribution >= 0.6 is 0 Å². The predicted molar refractivity (Wildman–Crippen MR) is 69.5 cm³/mol. The molecule has 0 radical (unpaired) electrons. The number of rotatable bonds is 4. The smallest absolute Gasteiger partial charge is 0.249 e. The standard InChI is InChI=1S/C14H17NO4/c1-10-3-4-11(13(7-10)18-2)12(16)8-15-5-6-19-9-14(15)17/h3-4,7H,5-6,8-9H2,1-2H3. The second-order valence-corrected chi connectivity index (χ2v) is 4.49. The molecule has 0 spiro atoms. The first-order chi connectivity index (χ1) is 9.11. The lowest BCUT2D eigenvalue weighted by atomic mass is 10.1. The molecule has 1 aromatic rings. The molecule has 0 atom stereocenters. The first kappa shape index (κ1) is 13.5. The van der Waals surface area contributed by atoms with E-state index in [1.807, 2.05) is 19.1 Å². The molecule has 0 N–H and O–H groups in total. The van der Waals surface area contributed by atoms with Gasteiger partial charge in [-0.1, -0.05) is 6.07 Å². The van der Waals surface area contributed by atoms with E-state index >= 15 is 0 Å². The zero-order chi connectivity index (χ0) is 13.8. The Hall–Kier alpha value is -1.88. The molecule has 1 fully saturated rings. The minimum atomic E-state index is -0.148. The van der Waals surface area contributed by atoms with E-state index in [0.29, 0.717) is 24.5 Å². The van der Waals surface area contributed by atoms with E-state index in [2.05, 4.69) is 0 Å². The van der Waals surface area contributed by atoms with Crippen molar-refractivity contribution < 1.29 is 19.1 Å². The zero-order valence-electron chi connectivity index (χ0n) is 11.1. The number of carbonyl (C=O) groups excluding carboxylic acids is 2. The molecule has 5 heteroatoms. The average molecular weight is 263 g/mol. The number of nitrogens with zero attached hydrogens (tertiary/aromatic N) is 1. The van der Waals surface area contributed by atoms with Crippen LogP contribution in [0.1, 0.15) is 15.9 Å². The second-order valence-electron chi connectivity index (χ2n) is 4.49. The summed E-state index contributed by atoms with van der Waals surface area (Å²) in [5.41, 5.74) is 1.53. The van der Waals surface area contributed by atoms with Gasteiger partial charge in [0, 0.05) is 6.54 Å². The van der Waals surface area contributed by atoms with Crippen LogP contribution < -0.4 is 4.74 Å². The molecule has 1 aromatic carbocycles. The van der Waals surface area contributed by atoms with E-state index in [-0.39, 0.29) is 24.8 Å². The molecule has 1 aliphatic heterocycles. The second kappa shape index (κ2) is 5.84. The molecule has 0 aliphatic carbocycles. The largest absolute Gasteiger partial charge is 0.496 e. The van der Waals surface area contributed by atoms with Gasteiger partial charge in [0.05, 0.1) is 25.8 Å². The fraction of sp³-hybridized carbons (Fsp3) is 0.429. The van der Waals surface area contributed by atoms with Gasteiger partial charge in [-0.2, -0.15) is 0 Å². The number of morpholine rings is 1. The van der Waals surface area contributed by atoms with Crippen molar-refractivity contribution in [3.63, 3.8) is 0 Å². The number of ether oxygens (including phenoxy) is 2. The van der Waals surface area contributed by atoms with Crippen molar-refractivity contribution in [2.75, 3.05) is 33.4 Å². The highest BCUT2D eigenvalue weighted by Gasteiger charge is 2.23. The minimum absolute atomic E-state index is 0.0539. The van der Waals surface area contributed by atoms with Crippen LogP contribution in [0.2, 0.25) is 0 Å². The number of aryl methyl sites for hydroxylation is 1. The molecule has 1 aliphatic rings. The van der Waals surface area contributed by atoms with Crippen molar-refractivity contribution >= 4 is 11.7 Å². The maximum absolute atomic E-state index is 12.2. The first-order valence-electron chi connectivity index (χ1n) is 6.15. The Morgan fingerprint density at radius 2 is 2.26 bits per heavy atom. The fourth-order valence-electron chi connectivity index (χ4n) is 2.00. The maximum atomic E-state index is 12.2. The lowest BCUT2D eigenvalue weighted by Gasteiger charge is -2.26. The third-order valence-corrected chi connectivity index (χ3v) is 3.08. The highest BCUT2D eigenvalue weighted by Crippen LogP contribution is 2.20. The summed E-state index contributed by atoms with van der Waals surface area (Å²) in [4.78, 5) is 25.3. The Morgan fingerprint density at radius 3 is 2.95 bits per heavy atom. The first-order valence-corrected chi connectivity index (χ1v) is 6.15. The number of ketones is 1. The van der Waals surface area contributed by atoms with Crippen molar-refractivity contribution in [1.82, 2.24) is 4.90 Å². The van der Waals surface area contributed by atoms with Gasteiger partial charge >= 0.3 is 0 Å². The van der Waals surface area contributed by atoms with E-state index in [1.165, 1.54) is 12.0 Å². The van der Waals surface area contributed by atoms with E-state index in [0.717, 1.165) is 5.56 Å². The molecule has 0 unspecified atom stereocenters. The van der Waals surface area contributed by atoms with Gasteiger partial charge in [0.2, 0.25) is 5.91 Å². The van der Waals surface area contributed by atoms with Gasteiger partial charge in [-0.15, -0.1) is 0 Å². The molecule has 102 valence electrons. The van der Waals surface area contributed by atoms with Crippen LogP contribution in [0.15, 0.2) is 18.2 Å². The summed E-state index contributed by atoms with van der Waals surface area (Å²) < 4.78 is 10.2. The van der Waals surface area contributed by atoms with Crippen LogP contribution in [0, 0.1) is 6.92 Å². The topological polar surface area (TPSA) is 55.8 Å². The van der Waals surface area contributed by atoms with Gasteiger partial charge in [-0.05, 0) is 24.6 Å². The van der Waals surface area contributed by atoms with Crippen LogP contribution in [-0.2, 0) is 9.53 Å². The molecule has 1 amide bonds. The number of hydrogen-bond donors (Lipinski definition) is 0. The van der Waals surface area contributed by atoms with Gasteiger partial charge < -0.3 is 14.4 Å². The molecular weight excluding hydrogens is 246 g/mol. The SMILES string of the molecule is COc1cc(C)ccc1C(=O)CN1CCOCC1=O. The average Bonchev–Trinajstić information content (AvgIpc) is 2.41. The van der Waals surface area contributed by atoms with Gasteiger partial charge in [-0.3, -0.25) is 9.59 Å². The van der Waals surface area contributed by atoms with Crippen molar-refractivity contribution in [2.24, 2.45) is 0 Å². The van der Waals surface area contributed by atoms with E-state index in [4.69, 9.17) is 9.47 Å². The lowest BCUT2D eigenvalue weighted by molar-refractivity contribution is -0.141. The van der Waals surface area contributed by atoms with Crippen molar-refractivity contribution in [3.8, 4) is 5.75 Å². The Bertz CT molecular complexity index is 498. The number of methoxy groups -OCH3 is 1. The summed E-state index contributed by atoms with van der Waals surface area (Å²) in [5, 5.41) is 0. The van der Waals surface area contributed by atoms with Crippen LogP contribution in [0.4, 0.5) is 0 Å². The van der Waals surface area contributed by atoms with E-state index in [9.17, 15) is 9.59 Å². The highest BCUT2D eigenvalue weighted by molar-refractivity contribution is 6.01. The summed E-state index contributed by atoms with van der Waals surface area (Å²) >= 11 is 0. The Balaban J connectivity index is 2.13. The summed E-state index contributed by atoms with van der Waals surface area (Å²) in [6, 6.07) is 5.41. The minimum Gasteiger partial charge on any atom is -0.496 e. The predicted octanol–water partition coefficient (Wildman–Crippen LogP) is 1.05. The number of hydrogen-bond acceptors (Lipinski definition) is 4. The van der Waals surface area contributed by atoms with Crippen molar-refractivity contribution in [2.45, 2.75) is 6.92 Å². The van der Waals surface area contributed by atoms with Crippen LogP contribution in [-0.4, -0.2) is 50.0 Å². The van der Waals surface area contributed by atoms with Gasteiger partial charge in [0.25, 0.3) is 0 Å². The summed E-state index contributed by atoms with van der Waals surface area (Å²) in [7, 11) is 1.53. The molecule has 5 nitrogen and oxygen atoms in total. The molecule has 1 heterocycles. The third-order valence-electron chi connectivity index (χ3n) is 3.08. The Morgan fingerprint density at radius 1 is 1.47 bits per heavy atom.